The number of rotatable bonds is 4. The number of allylic oxidation sites excluding steroid dienone is 1. The standard InChI is InChI=1S/C16H20O2/c1-3-12(2)11-16(15(17)18)10-6-8-13-7-4-5-9-14(13)16/h4-5,7,9H,2-3,6,8,10-11H2,1H3,(H,17,18). The summed E-state index contributed by atoms with van der Waals surface area (Å²) in [6, 6.07) is 7.97. The van der Waals surface area contributed by atoms with Gasteiger partial charge >= 0.3 is 5.97 Å². The summed E-state index contributed by atoms with van der Waals surface area (Å²) in [5.74, 6) is -0.704. The minimum absolute atomic E-state index is 0.565. The number of carboxylic acid groups (broad SMARTS) is 1. The molecule has 1 aromatic carbocycles. The fraction of sp³-hybridized carbons (Fsp3) is 0.438. The number of carbonyl (C=O) groups is 1. The fourth-order valence-electron chi connectivity index (χ4n) is 2.95. The van der Waals surface area contributed by atoms with Gasteiger partial charge in [-0.25, -0.2) is 0 Å². The summed E-state index contributed by atoms with van der Waals surface area (Å²) in [5.41, 5.74) is 2.46. The van der Waals surface area contributed by atoms with Gasteiger partial charge in [0.2, 0.25) is 0 Å². The maximum Gasteiger partial charge on any atom is 0.314 e. The summed E-state index contributed by atoms with van der Waals surface area (Å²) in [6.07, 6.45) is 4.07. The molecule has 1 aromatic rings. The molecule has 0 aliphatic heterocycles. The third-order valence-corrected chi connectivity index (χ3v) is 4.04. The molecule has 18 heavy (non-hydrogen) atoms. The van der Waals surface area contributed by atoms with Crippen molar-refractivity contribution < 1.29 is 9.90 Å². The van der Waals surface area contributed by atoms with Gasteiger partial charge in [0.15, 0.2) is 0 Å². The van der Waals surface area contributed by atoms with E-state index in [1.807, 2.05) is 25.1 Å². The van der Waals surface area contributed by atoms with Crippen LogP contribution in [0, 0.1) is 0 Å². The van der Waals surface area contributed by atoms with E-state index >= 15 is 0 Å². The van der Waals surface area contributed by atoms with Gasteiger partial charge in [-0.15, -0.1) is 0 Å². The first kappa shape index (κ1) is 12.9. The molecular formula is C16H20O2. The van der Waals surface area contributed by atoms with E-state index in [9.17, 15) is 9.90 Å². The van der Waals surface area contributed by atoms with Crippen molar-refractivity contribution in [2.24, 2.45) is 0 Å². The summed E-state index contributed by atoms with van der Waals surface area (Å²) in [7, 11) is 0. The van der Waals surface area contributed by atoms with Crippen LogP contribution in [0.25, 0.3) is 0 Å². The summed E-state index contributed by atoms with van der Waals surface area (Å²) < 4.78 is 0. The lowest BCUT2D eigenvalue weighted by molar-refractivity contribution is -0.144. The van der Waals surface area contributed by atoms with E-state index in [1.165, 1.54) is 5.56 Å². The van der Waals surface area contributed by atoms with Crippen molar-refractivity contribution in [1.29, 1.82) is 0 Å². The second-order valence-electron chi connectivity index (χ2n) is 5.18. The molecule has 0 aromatic heterocycles. The van der Waals surface area contributed by atoms with Gasteiger partial charge < -0.3 is 5.11 Å². The van der Waals surface area contributed by atoms with Crippen LogP contribution in [0.1, 0.15) is 43.7 Å². The van der Waals surface area contributed by atoms with Gasteiger partial charge in [0, 0.05) is 0 Å². The molecule has 1 atom stereocenters. The third-order valence-electron chi connectivity index (χ3n) is 4.04. The van der Waals surface area contributed by atoms with E-state index in [4.69, 9.17) is 0 Å². The van der Waals surface area contributed by atoms with E-state index in [-0.39, 0.29) is 0 Å². The first-order chi connectivity index (χ1) is 8.60. The van der Waals surface area contributed by atoms with Gasteiger partial charge in [0.05, 0.1) is 5.41 Å². The van der Waals surface area contributed by atoms with E-state index in [2.05, 4.69) is 12.6 Å². The van der Waals surface area contributed by atoms with Crippen molar-refractivity contribution >= 4 is 5.97 Å². The molecule has 2 rings (SSSR count). The van der Waals surface area contributed by atoms with Crippen molar-refractivity contribution in [1.82, 2.24) is 0 Å². The number of carboxylic acids is 1. The molecule has 0 bridgehead atoms. The zero-order chi connectivity index (χ0) is 13.2. The zero-order valence-corrected chi connectivity index (χ0v) is 10.9. The number of hydrogen-bond donors (Lipinski definition) is 1. The first-order valence-electron chi connectivity index (χ1n) is 6.58. The SMILES string of the molecule is C=C(CC)CC1(C(=O)O)CCCc2ccccc21. The van der Waals surface area contributed by atoms with Gasteiger partial charge in [-0.3, -0.25) is 4.79 Å². The molecule has 0 heterocycles. The normalized spacial score (nSPS) is 22.3. The van der Waals surface area contributed by atoms with Gasteiger partial charge in [-0.2, -0.15) is 0 Å². The van der Waals surface area contributed by atoms with Crippen molar-refractivity contribution in [3.63, 3.8) is 0 Å². The molecule has 0 radical (unpaired) electrons. The Morgan fingerprint density at radius 2 is 2.17 bits per heavy atom. The summed E-state index contributed by atoms with van der Waals surface area (Å²) in [5, 5.41) is 9.74. The van der Waals surface area contributed by atoms with Crippen LogP contribution in [-0.4, -0.2) is 11.1 Å². The van der Waals surface area contributed by atoms with Crippen LogP contribution in [0.3, 0.4) is 0 Å². The first-order valence-corrected chi connectivity index (χ1v) is 6.58. The predicted molar refractivity (Wildman–Crippen MR) is 72.7 cm³/mol. The second-order valence-corrected chi connectivity index (χ2v) is 5.18. The Kier molecular flexibility index (Phi) is 3.55. The quantitative estimate of drug-likeness (QED) is 0.820. The summed E-state index contributed by atoms with van der Waals surface area (Å²) in [4.78, 5) is 11.8. The highest BCUT2D eigenvalue weighted by Crippen LogP contribution is 2.42. The molecule has 1 N–H and O–H groups in total. The second kappa shape index (κ2) is 4.97. The van der Waals surface area contributed by atoms with Crippen molar-refractivity contribution in [3.8, 4) is 0 Å². The minimum Gasteiger partial charge on any atom is -0.481 e. The lowest BCUT2D eigenvalue weighted by Crippen LogP contribution is -2.39. The summed E-state index contributed by atoms with van der Waals surface area (Å²) >= 11 is 0. The zero-order valence-electron chi connectivity index (χ0n) is 10.9. The summed E-state index contributed by atoms with van der Waals surface area (Å²) in [6.45, 7) is 6.04. The van der Waals surface area contributed by atoms with Crippen LogP contribution in [0.15, 0.2) is 36.4 Å². The average Bonchev–Trinajstić information content (AvgIpc) is 2.38. The molecule has 2 nitrogen and oxygen atoms in total. The number of aryl methyl sites for hydroxylation is 1. The molecule has 0 fully saturated rings. The number of hydrogen-bond acceptors (Lipinski definition) is 1. The van der Waals surface area contributed by atoms with Crippen LogP contribution >= 0.6 is 0 Å². The Balaban J connectivity index is 2.49. The number of fused-ring (bicyclic) bond motifs is 1. The highest BCUT2D eigenvalue weighted by Gasteiger charge is 2.43. The molecule has 0 spiro atoms. The van der Waals surface area contributed by atoms with Crippen molar-refractivity contribution in [3.05, 3.63) is 47.5 Å². The lowest BCUT2D eigenvalue weighted by Gasteiger charge is -2.36. The highest BCUT2D eigenvalue weighted by molar-refractivity contribution is 5.83. The maximum atomic E-state index is 11.8. The molecule has 1 aliphatic rings. The Labute approximate surface area is 108 Å². The van der Waals surface area contributed by atoms with Gasteiger partial charge in [0.1, 0.15) is 0 Å². The lowest BCUT2D eigenvalue weighted by atomic mass is 9.66. The van der Waals surface area contributed by atoms with E-state index in [1.54, 1.807) is 0 Å². The van der Waals surface area contributed by atoms with Crippen LogP contribution in [0.2, 0.25) is 0 Å². The van der Waals surface area contributed by atoms with E-state index in [0.717, 1.165) is 36.8 Å². The Morgan fingerprint density at radius 3 is 2.83 bits per heavy atom. The smallest absolute Gasteiger partial charge is 0.314 e. The Hall–Kier alpha value is -1.57. The number of benzene rings is 1. The maximum absolute atomic E-state index is 11.8. The van der Waals surface area contributed by atoms with Crippen LogP contribution < -0.4 is 0 Å². The molecule has 0 amide bonds. The molecule has 96 valence electrons. The van der Waals surface area contributed by atoms with Crippen LogP contribution in [-0.2, 0) is 16.6 Å². The van der Waals surface area contributed by atoms with Gasteiger partial charge in [0.25, 0.3) is 0 Å². The van der Waals surface area contributed by atoms with Gasteiger partial charge in [-0.05, 0) is 43.2 Å². The molecule has 0 saturated carbocycles. The van der Waals surface area contributed by atoms with Gasteiger partial charge in [-0.1, -0.05) is 43.3 Å². The molecular weight excluding hydrogens is 224 g/mol. The predicted octanol–water partition coefficient (Wildman–Crippen LogP) is 3.70. The monoisotopic (exact) mass is 244 g/mol. The molecule has 1 unspecified atom stereocenters. The largest absolute Gasteiger partial charge is 0.481 e. The van der Waals surface area contributed by atoms with Crippen molar-refractivity contribution in [2.45, 2.75) is 44.4 Å². The van der Waals surface area contributed by atoms with Crippen LogP contribution in [0.4, 0.5) is 0 Å². The highest BCUT2D eigenvalue weighted by atomic mass is 16.4. The third kappa shape index (κ3) is 2.07. The topological polar surface area (TPSA) is 37.3 Å². The van der Waals surface area contributed by atoms with Crippen LogP contribution in [0.5, 0.6) is 0 Å². The minimum atomic E-state index is -0.748. The molecule has 2 heteroatoms. The molecule has 0 saturated heterocycles. The number of aliphatic carboxylic acids is 1. The fourth-order valence-corrected chi connectivity index (χ4v) is 2.95. The Bertz CT molecular complexity index is 476. The van der Waals surface area contributed by atoms with E-state index in [0.29, 0.717) is 6.42 Å². The average molecular weight is 244 g/mol. The van der Waals surface area contributed by atoms with Crippen molar-refractivity contribution in [2.75, 3.05) is 0 Å². The molecule has 1 aliphatic carbocycles. The van der Waals surface area contributed by atoms with E-state index < -0.39 is 11.4 Å². The Morgan fingerprint density at radius 1 is 1.44 bits per heavy atom.